The molecule has 0 spiro atoms. The molecule has 1 unspecified atom stereocenters. The van der Waals surface area contributed by atoms with Gasteiger partial charge in [0.15, 0.2) is 0 Å². The Bertz CT molecular complexity index is 508. The Labute approximate surface area is 126 Å². The molecule has 3 nitrogen and oxygen atoms in total. The molecule has 0 N–H and O–H groups in total. The molecular weight excluding hydrogens is 264 g/mol. The highest BCUT2D eigenvalue weighted by Gasteiger charge is 2.01. The van der Waals surface area contributed by atoms with E-state index < -0.39 is 0 Å². The van der Waals surface area contributed by atoms with E-state index in [0.29, 0.717) is 19.8 Å². The number of hydrogen-bond donors (Lipinski definition) is 0. The molecule has 0 heterocycles. The number of benzene rings is 2. The Morgan fingerprint density at radius 1 is 0.857 bits per heavy atom. The van der Waals surface area contributed by atoms with Crippen molar-refractivity contribution in [1.82, 2.24) is 0 Å². The van der Waals surface area contributed by atoms with Gasteiger partial charge in [-0.2, -0.15) is 0 Å². The van der Waals surface area contributed by atoms with Crippen molar-refractivity contribution >= 4 is 0 Å². The van der Waals surface area contributed by atoms with E-state index in [0.717, 1.165) is 5.75 Å². The second-order valence-corrected chi connectivity index (χ2v) is 4.88. The lowest BCUT2D eigenvalue weighted by Gasteiger charge is -2.12. The summed E-state index contributed by atoms with van der Waals surface area (Å²) in [7, 11) is 1.67. The summed E-state index contributed by atoms with van der Waals surface area (Å²) >= 11 is 0. The first kappa shape index (κ1) is 15.5. The molecule has 0 aliphatic rings. The fourth-order valence-corrected chi connectivity index (χ4v) is 2.07. The van der Waals surface area contributed by atoms with Crippen LogP contribution in [0.5, 0.6) is 5.75 Å². The molecule has 21 heavy (non-hydrogen) atoms. The first-order valence-electron chi connectivity index (χ1n) is 7.18. The number of methoxy groups -OCH3 is 1. The van der Waals surface area contributed by atoms with Crippen LogP contribution in [0.25, 0.3) is 11.1 Å². The molecule has 0 aliphatic carbocycles. The van der Waals surface area contributed by atoms with Gasteiger partial charge in [0.05, 0.1) is 19.3 Å². The van der Waals surface area contributed by atoms with Gasteiger partial charge >= 0.3 is 0 Å². The molecule has 2 aromatic rings. The molecule has 2 aromatic carbocycles. The summed E-state index contributed by atoms with van der Waals surface area (Å²) in [4.78, 5) is 0. The zero-order chi connectivity index (χ0) is 14.9. The molecule has 0 amide bonds. The van der Waals surface area contributed by atoms with Gasteiger partial charge in [-0.1, -0.05) is 42.5 Å². The maximum absolute atomic E-state index is 5.66. The van der Waals surface area contributed by atoms with Gasteiger partial charge < -0.3 is 14.2 Å². The van der Waals surface area contributed by atoms with Gasteiger partial charge in [-0.15, -0.1) is 0 Å². The van der Waals surface area contributed by atoms with Crippen LogP contribution in [0.2, 0.25) is 0 Å². The van der Waals surface area contributed by atoms with Crippen molar-refractivity contribution < 1.29 is 14.2 Å². The van der Waals surface area contributed by atoms with Gasteiger partial charge in [0.1, 0.15) is 12.4 Å². The normalized spacial score (nSPS) is 12.1. The van der Waals surface area contributed by atoms with Crippen LogP contribution >= 0.6 is 0 Å². The molecule has 3 heteroatoms. The lowest BCUT2D eigenvalue weighted by molar-refractivity contribution is -0.00214. The molecule has 0 radical (unpaired) electrons. The van der Waals surface area contributed by atoms with E-state index in [-0.39, 0.29) is 6.10 Å². The third kappa shape index (κ3) is 5.21. The predicted molar refractivity (Wildman–Crippen MR) is 84.7 cm³/mol. The zero-order valence-corrected chi connectivity index (χ0v) is 12.6. The summed E-state index contributed by atoms with van der Waals surface area (Å²) in [5, 5.41) is 0. The minimum Gasteiger partial charge on any atom is -0.491 e. The van der Waals surface area contributed by atoms with Crippen LogP contribution in [-0.4, -0.2) is 33.0 Å². The molecule has 0 bridgehead atoms. The zero-order valence-electron chi connectivity index (χ0n) is 12.6. The molecular formula is C18H22O3. The quantitative estimate of drug-likeness (QED) is 0.691. The SMILES string of the molecule is COCC(C)OCCOc1ccc(-c2ccccc2)cc1. The summed E-state index contributed by atoms with van der Waals surface area (Å²) in [6.45, 7) is 3.69. The number of hydrogen-bond acceptors (Lipinski definition) is 3. The fraction of sp³-hybridized carbons (Fsp3) is 0.333. The Kier molecular flexibility index (Phi) is 6.25. The van der Waals surface area contributed by atoms with Crippen LogP contribution in [0.15, 0.2) is 54.6 Å². The van der Waals surface area contributed by atoms with Crippen molar-refractivity contribution in [3.8, 4) is 16.9 Å². The standard InChI is InChI=1S/C18H22O3/c1-15(14-19-2)20-12-13-21-18-10-8-17(9-11-18)16-6-4-3-5-7-16/h3-11,15H,12-14H2,1-2H3. The third-order valence-electron chi connectivity index (χ3n) is 3.12. The van der Waals surface area contributed by atoms with E-state index in [4.69, 9.17) is 14.2 Å². The molecule has 0 aromatic heterocycles. The van der Waals surface area contributed by atoms with Crippen molar-refractivity contribution in [2.24, 2.45) is 0 Å². The highest BCUT2D eigenvalue weighted by atomic mass is 16.5. The summed E-state index contributed by atoms with van der Waals surface area (Å²) < 4.78 is 16.2. The van der Waals surface area contributed by atoms with Crippen LogP contribution < -0.4 is 4.74 Å². The summed E-state index contributed by atoms with van der Waals surface area (Å²) in [6.07, 6.45) is 0.0963. The number of rotatable bonds is 8. The Morgan fingerprint density at radius 2 is 1.52 bits per heavy atom. The van der Waals surface area contributed by atoms with Gasteiger partial charge in [0.25, 0.3) is 0 Å². The van der Waals surface area contributed by atoms with Gasteiger partial charge in [0.2, 0.25) is 0 Å². The van der Waals surface area contributed by atoms with E-state index in [1.807, 2.05) is 37.3 Å². The van der Waals surface area contributed by atoms with Gasteiger partial charge in [-0.25, -0.2) is 0 Å². The van der Waals surface area contributed by atoms with Crippen LogP contribution in [0.4, 0.5) is 0 Å². The maximum atomic E-state index is 5.66. The summed E-state index contributed by atoms with van der Waals surface area (Å²) in [5.74, 6) is 0.859. The van der Waals surface area contributed by atoms with E-state index in [2.05, 4.69) is 24.3 Å². The van der Waals surface area contributed by atoms with E-state index in [1.54, 1.807) is 7.11 Å². The number of ether oxygens (including phenoxy) is 3. The van der Waals surface area contributed by atoms with Crippen molar-refractivity contribution in [2.75, 3.05) is 26.9 Å². The minimum absolute atomic E-state index is 0.0963. The average Bonchev–Trinajstić information content (AvgIpc) is 2.53. The van der Waals surface area contributed by atoms with Crippen molar-refractivity contribution in [3.05, 3.63) is 54.6 Å². The molecule has 2 rings (SSSR count). The second kappa shape index (κ2) is 8.45. The van der Waals surface area contributed by atoms with E-state index in [1.165, 1.54) is 11.1 Å². The van der Waals surface area contributed by atoms with Crippen molar-refractivity contribution in [2.45, 2.75) is 13.0 Å². The van der Waals surface area contributed by atoms with Gasteiger partial charge in [-0.3, -0.25) is 0 Å². The first-order chi connectivity index (χ1) is 10.3. The van der Waals surface area contributed by atoms with Crippen LogP contribution in [0, 0.1) is 0 Å². The third-order valence-corrected chi connectivity index (χ3v) is 3.12. The summed E-state index contributed by atoms with van der Waals surface area (Å²) in [6, 6.07) is 18.4. The van der Waals surface area contributed by atoms with E-state index >= 15 is 0 Å². The molecule has 0 aliphatic heterocycles. The summed E-state index contributed by atoms with van der Waals surface area (Å²) in [5.41, 5.74) is 2.40. The highest BCUT2D eigenvalue weighted by molar-refractivity contribution is 5.63. The van der Waals surface area contributed by atoms with Crippen molar-refractivity contribution in [1.29, 1.82) is 0 Å². The molecule has 0 saturated carbocycles. The van der Waals surface area contributed by atoms with Gasteiger partial charge in [0, 0.05) is 7.11 Å². The maximum Gasteiger partial charge on any atom is 0.119 e. The smallest absolute Gasteiger partial charge is 0.119 e. The fourth-order valence-electron chi connectivity index (χ4n) is 2.07. The lowest BCUT2D eigenvalue weighted by Crippen LogP contribution is -2.18. The van der Waals surface area contributed by atoms with E-state index in [9.17, 15) is 0 Å². The van der Waals surface area contributed by atoms with Crippen LogP contribution in [0.3, 0.4) is 0 Å². The Morgan fingerprint density at radius 3 is 2.19 bits per heavy atom. The predicted octanol–water partition coefficient (Wildman–Crippen LogP) is 3.78. The second-order valence-electron chi connectivity index (χ2n) is 4.88. The monoisotopic (exact) mass is 286 g/mol. The van der Waals surface area contributed by atoms with Crippen molar-refractivity contribution in [3.63, 3.8) is 0 Å². The molecule has 1 atom stereocenters. The van der Waals surface area contributed by atoms with Gasteiger partial charge in [-0.05, 0) is 30.2 Å². The average molecular weight is 286 g/mol. The lowest BCUT2D eigenvalue weighted by atomic mass is 10.1. The first-order valence-corrected chi connectivity index (χ1v) is 7.18. The molecule has 0 saturated heterocycles. The Balaban J connectivity index is 1.78. The highest BCUT2D eigenvalue weighted by Crippen LogP contribution is 2.21. The van der Waals surface area contributed by atoms with Crippen LogP contribution in [0.1, 0.15) is 6.92 Å². The minimum atomic E-state index is 0.0963. The topological polar surface area (TPSA) is 27.7 Å². The molecule has 112 valence electrons. The van der Waals surface area contributed by atoms with Crippen LogP contribution in [-0.2, 0) is 9.47 Å². The largest absolute Gasteiger partial charge is 0.491 e. The Hall–Kier alpha value is -1.84. The molecule has 0 fully saturated rings.